The zero-order valence-electron chi connectivity index (χ0n) is 25.5. The van der Waals surface area contributed by atoms with Gasteiger partial charge in [-0.1, -0.05) is 18.6 Å². The summed E-state index contributed by atoms with van der Waals surface area (Å²) in [6.45, 7) is 14.9. The molecule has 40 heavy (non-hydrogen) atoms. The maximum Gasteiger partial charge on any atom is 0.408 e. The van der Waals surface area contributed by atoms with Gasteiger partial charge in [0.15, 0.2) is 0 Å². The molecule has 0 bridgehead atoms. The maximum atomic E-state index is 12.2. The van der Waals surface area contributed by atoms with E-state index in [2.05, 4.69) is 5.32 Å². The average Bonchev–Trinajstić information content (AvgIpc) is 3.62. The standard InChI is InChI=1S/C31H51NO8/c1-29(2,3)39-27(33)15-20-36-22-24-37-23-21-35-18-9-7-8-10-19-38-26-13-11-25(12-14-26)31(16-17-31)32-28(34)40-30(4,5)6/h11-14H,7-10,15-24H2,1-6H3,(H,32,34). The number of rotatable bonds is 19. The third-order valence-corrected chi connectivity index (χ3v) is 5.96. The van der Waals surface area contributed by atoms with Gasteiger partial charge in [0.05, 0.1) is 51.6 Å². The van der Waals surface area contributed by atoms with E-state index in [0.29, 0.717) is 39.6 Å². The molecule has 1 aliphatic rings. The Bertz CT molecular complexity index is 869. The molecule has 0 saturated heterocycles. The van der Waals surface area contributed by atoms with Crippen LogP contribution in [0.15, 0.2) is 24.3 Å². The molecule has 228 valence electrons. The molecule has 1 aromatic carbocycles. The van der Waals surface area contributed by atoms with Gasteiger partial charge < -0.3 is 33.7 Å². The number of ether oxygens (including phenoxy) is 6. The Balaban J connectivity index is 1.40. The Kier molecular flexibility index (Phi) is 14.2. The fourth-order valence-corrected chi connectivity index (χ4v) is 3.92. The number of esters is 1. The Morgan fingerprint density at radius 1 is 0.700 bits per heavy atom. The summed E-state index contributed by atoms with van der Waals surface area (Å²) in [5, 5.41) is 3.03. The van der Waals surface area contributed by atoms with Gasteiger partial charge in [-0.25, -0.2) is 4.79 Å². The summed E-state index contributed by atoms with van der Waals surface area (Å²) in [6.07, 6.45) is 5.87. The predicted octanol–water partition coefficient (Wildman–Crippen LogP) is 5.92. The van der Waals surface area contributed by atoms with E-state index in [4.69, 9.17) is 28.4 Å². The molecule has 0 radical (unpaired) electrons. The van der Waals surface area contributed by atoms with Crippen molar-refractivity contribution in [2.45, 2.75) is 103 Å². The molecular weight excluding hydrogens is 514 g/mol. The Labute approximate surface area is 240 Å². The van der Waals surface area contributed by atoms with Gasteiger partial charge in [0, 0.05) is 6.61 Å². The lowest BCUT2D eigenvalue weighted by Crippen LogP contribution is -2.39. The number of unbranched alkanes of at least 4 members (excludes halogenated alkanes) is 3. The number of carbonyl (C=O) groups excluding carboxylic acids is 2. The maximum absolute atomic E-state index is 12.2. The van der Waals surface area contributed by atoms with Crippen LogP contribution in [0.4, 0.5) is 4.79 Å². The number of carbonyl (C=O) groups is 2. The van der Waals surface area contributed by atoms with Gasteiger partial charge in [-0.3, -0.25) is 4.79 Å². The van der Waals surface area contributed by atoms with E-state index in [1.807, 2.05) is 65.8 Å². The highest BCUT2D eigenvalue weighted by molar-refractivity contribution is 5.70. The van der Waals surface area contributed by atoms with Crippen molar-refractivity contribution < 1.29 is 38.0 Å². The summed E-state index contributed by atoms with van der Waals surface area (Å²) in [4.78, 5) is 23.8. The number of amides is 1. The van der Waals surface area contributed by atoms with Crippen LogP contribution < -0.4 is 10.1 Å². The first-order valence-electron chi connectivity index (χ1n) is 14.6. The lowest BCUT2D eigenvalue weighted by atomic mass is 10.1. The fraction of sp³-hybridized carbons (Fsp3) is 0.742. The highest BCUT2D eigenvalue weighted by atomic mass is 16.6. The van der Waals surface area contributed by atoms with Gasteiger partial charge in [0.2, 0.25) is 0 Å². The van der Waals surface area contributed by atoms with E-state index in [1.165, 1.54) is 0 Å². The monoisotopic (exact) mass is 565 g/mol. The lowest BCUT2D eigenvalue weighted by molar-refractivity contribution is -0.156. The first-order chi connectivity index (χ1) is 18.9. The minimum atomic E-state index is -0.510. The molecule has 1 aromatic rings. The summed E-state index contributed by atoms with van der Waals surface area (Å²) in [5.74, 6) is 0.589. The van der Waals surface area contributed by atoms with Gasteiger partial charge in [-0.15, -0.1) is 0 Å². The largest absolute Gasteiger partial charge is 0.494 e. The van der Waals surface area contributed by atoms with Crippen LogP contribution in [0.2, 0.25) is 0 Å². The molecule has 0 aromatic heterocycles. The first-order valence-corrected chi connectivity index (χ1v) is 14.6. The van der Waals surface area contributed by atoms with E-state index in [9.17, 15) is 9.59 Å². The SMILES string of the molecule is CC(C)(C)OC(=O)CCOCCOCCOCCCCCCOc1ccc(C2(NC(=O)OC(C)(C)C)CC2)cc1. The summed E-state index contributed by atoms with van der Waals surface area (Å²) in [7, 11) is 0. The number of alkyl carbamates (subject to hydrolysis) is 1. The van der Waals surface area contributed by atoms with Crippen LogP contribution in [-0.4, -0.2) is 69.5 Å². The number of hydrogen-bond donors (Lipinski definition) is 1. The Morgan fingerprint density at radius 3 is 1.77 bits per heavy atom. The van der Waals surface area contributed by atoms with E-state index >= 15 is 0 Å². The van der Waals surface area contributed by atoms with Crippen LogP contribution in [0.1, 0.15) is 92.1 Å². The van der Waals surface area contributed by atoms with Gasteiger partial charge in [-0.05, 0) is 91.3 Å². The highest BCUT2D eigenvalue weighted by Crippen LogP contribution is 2.46. The van der Waals surface area contributed by atoms with E-state index < -0.39 is 11.2 Å². The summed E-state index contributed by atoms with van der Waals surface area (Å²) < 4.78 is 33.0. The van der Waals surface area contributed by atoms with Crippen molar-refractivity contribution in [1.29, 1.82) is 0 Å². The molecular formula is C31H51NO8. The topological polar surface area (TPSA) is 102 Å². The second kappa shape index (κ2) is 16.8. The molecule has 1 saturated carbocycles. The van der Waals surface area contributed by atoms with Crippen molar-refractivity contribution in [2.24, 2.45) is 0 Å². The molecule has 0 unspecified atom stereocenters. The molecule has 0 spiro atoms. The van der Waals surface area contributed by atoms with Crippen molar-refractivity contribution in [2.75, 3.05) is 46.2 Å². The Hall–Kier alpha value is -2.36. The molecule has 0 aliphatic heterocycles. The van der Waals surface area contributed by atoms with Crippen molar-refractivity contribution in [1.82, 2.24) is 5.32 Å². The summed E-state index contributed by atoms with van der Waals surface area (Å²) in [5.41, 5.74) is -0.202. The van der Waals surface area contributed by atoms with Gasteiger partial charge in [-0.2, -0.15) is 0 Å². The van der Waals surface area contributed by atoms with Gasteiger partial charge in [0.1, 0.15) is 17.0 Å². The molecule has 0 heterocycles. The molecule has 1 amide bonds. The summed E-state index contributed by atoms with van der Waals surface area (Å²) >= 11 is 0. The molecule has 2 rings (SSSR count). The Morgan fingerprint density at radius 2 is 1.23 bits per heavy atom. The van der Waals surface area contributed by atoms with Crippen LogP contribution in [0.25, 0.3) is 0 Å². The minimum Gasteiger partial charge on any atom is -0.494 e. The smallest absolute Gasteiger partial charge is 0.408 e. The van der Waals surface area contributed by atoms with Gasteiger partial charge >= 0.3 is 12.1 Å². The highest BCUT2D eigenvalue weighted by Gasteiger charge is 2.46. The third-order valence-electron chi connectivity index (χ3n) is 5.96. The van der Waals surface area contributed by atoms with Crippen molar-refractivity contribution in [3.8, 4) is 5.75 Å². The van der Waals surface area contributed by atoms with Gasteiger partial charge in [0.25, 0.3) is 0 Å². The van der Waals surface area contributed by atoms with Crippen LogP contribution in [0.3, 0.4) is 0 Å². The fourth-order valence-electron chi connectivity index (χ4n) is 3.92. The zero-order valence-corrected chi connectivity index (χ0v) is 25.5. The predicted molar refractivity (Wildman–Crippen MR) is 154 cm³/mol. The second-order valence-electron chi connectivity index (χ2n) is 12.2. The molecule has 9 heteroatoms. The second-order valence-corrected chi connectivity index (χ2v) is 12.2. The molecule has 9 nitrogen and oxygen atoms in total. The van der Waals surface area contributed by atoms with Crippen LogP contribution in [-0.2, 0) is 34.0 Å². The van der Waals surface area contributed by atoms with Crippen molar-refractivity contribution in [3.63, 3.8) is 0 Å². The lowest BCUT2D eigenvalue weighted by Gasteiger charge is -2.23. The summed E-state index contributed by atoms with van der Waals surface area (Å²) in [6, 6.07) is 8.00. The molecule has 0 atom stereocenters. The van der Waals surface area contributed by atoms with Crippen LogP contribution in [0.5, 0.6) is 5.75 Å². The van der Waals surface area contributed by atoms with Crippen LogP contribution in [0, 0.1) is 0 Å². The quantitative estimate of drug-likeness (QED) is 0.163. The minimum absolute atomic E-state index is 0.247. The molecule has 1 N–H and O–H groups in total. The van der Waals surface area contributed by atoms with E-state index in [-0.39, 0.29) is 24.0 Å². The zero-order chi connectivity index (χ0) is 29.5. The number of nitrogens with one attached hydrogen (secondary N) is 1. The molecule has 1 aliphatic carbocycles. The average molecular weight is 566 g/mol. The van der Waals surface area contributed by atoms with Crippen LogP contribution >= 0.6 is 0 Å². The van der Waals surface area contributed by atoms with E-state index in [1.54, 1.807) is 0 Å². The third kappa shape index (κ3) is 15.4. The van der Waals surface area contributed by atoms with E-state index in [0.717, 1.165) is 56.4 Å². The van der Waals surface area contributed by atoms with Crippen molar-refractivity contribution in [3.05, 3.63) is 29.8 Å². The number of hydrogen-bond acceptors (Lipinski definition) is 8. The first kappa shape index (κ1) is 33.8. The molecule has 1 fully saturated rings. The normalized spacial score (nSPS) is 14.4. The van der Waals surface area contributed by atoms with Crippen molar-refractivity contribution >= 4 is 12.1 Å². The number of benzene rings is 1.